The molecule has 1 heterocycles. The molecule has 3 N–H and O–H groups in total. The highest BCUT2D eigenvalue weighted by molar-refractivity contribution is 7.89. The normalized spacial score (nSPS) is 13.9. The highest BCUT2D eigenvalue weighted by Crippen LogP contribution is 2.40. The number of aromatic nitrogens is 2. The molecule has 0 spiro atoms. The van der Waals surface area contributed by atoms with Gasteiger partial charge in [0, 0.05) is 31.5 Å². The quantitative estimate of drug-likeness (QED) is 0.362. The smallest absolute Gasteiger partial charge is 0.244 e. The molecular weight excluding hydrogens is 419 g/mol. The van der Waals surface area contributed by atoms with E-state index in [-0.39, 0.29) is 11.1 Å². The SMILES string of the molecule is C[C@@H](c1cc(F)c(F)cc1F)[C@@H](c1ccc2c(cnn2C)c1)S(=O)(=O)N(C)C(=N)N. The van der Waals surface area contributed by atoms with Crippen molar-refractivity contribution in [1.82, 2.24) is 14.1 Å². The fourth-order valence-electron chi connectivity index (χ4n) is 3.44. The largest absolute Gasteiger partial charge is 0.369 e. The van der Waals surface area contributed by atoms with Gasteiger partial charge in [0.1, 0.15) is 11.1 Å². The molecule has 2 atom stereocenters. The highest BCUT2D eigenvalue weighted by atomic mass is 32.2. The van der Waals surface area contributed by atoms with Crippen molar-refractivity contribution in [3.05, 3.63) is 65.1 Å². The standard InChI is InChI=1S/C19H20F3N5O2S/c1-10(13-7-15(21)16(22)8-14(13)20)18(30(28,29)27(3)19(23)24)11-4-5-17-12(6-11)9-25-26(17)2/h4-10,18H,1-3H3,(H3,23,24)/t10-,18-/m0/s1. The molecule has 3 aromatic rings. The maximum atomic E-state index is 14.5. The third-order valence-corrected chi connectivity index (χ3v) is 7.41. The maximum absolute atomic E-state index is 14.5. The molecular formula is C19H20F3N5O2S. The summed E-state index contributed by atoms with van der Waals surface area (Å²) in [6.45, 7) is 1.39. The molecule has 1 aromatic heterocycles. The van der Waals surface area contributed by atoms with Crippen molar-refractivity contribution >= 4 is 26.9 Å². The topological polar surface area (TPSA) is 105 Å². The van der Waals surface area contributed by atoms with E-state index < -0.39 is 44.6 Å². The van der Waals surface area contributed by atoms with Gasteiger partial charge in [-0.15, -0.1) is 0 Å². The summed E-state index contributed by atoms with van der Waals surface area (Å²) in [5, 5.41) is 10.8. The number of nitrogens with two attached hydrogens (primary N) is 1. The summed E-state index contributed by atoms with van der Waals surface area (Å²) >= 11 is 0. The lowest BCUT2D eigenvalue weighted by Crippen LogP contribution is -2.41. The third kappa shape index (κ3) is 3.60. The summed E-state index contributed by atoms with van der Waals surface area (Å²) in [5.41, 5.74) is 6.07. The van der Waals surface area contributed by atoms with Crippen molar-refractivity contribution in [3.8, 4) is 0 Å². The summed E-state index contributed by atoms with van der Waals surface area (Å²) in [5.74, 6) is -5.62. The van der Waals surface area contributed by atoms with E-state index in [0.29, 0.717) is 21.8 Å². The van der Waals surface area contributed by atoms with Crippen LogP contribution in [-0.4, -0.2) is 35.5 Å². The Balaban J connectivity index is 2.23. The molecule has 0 saturated heterocycles. The van der Waals surface area contributed by atoms with E-state index in [1.165, 1.54) is 13.0 Å². The number of nitrogens with one attached hydrogen (secondary N) is 1. The predicted molar refractivity (Wildman–Crippen MR) is 107 cm³/mol. The zero-order chi connectivity index (χ0) is 22.4. The molecule has 0 saturated carbocycles. The molecule has 11 heteroatoms. The molecule has 0 aliphatic heterocycles. The van der Waals surface area contributed by atoms with Gasteiger partial charge in [-0.25, -0.2) is 25.9 Å². The van der Waals surface area contributed by atoms with E-state index >= 15 is 0 Å². The third-order valence-electron chi connectivity index (χ3n) is 5.12. The van der Waals surface area contributed by atoms with E-state index in [2.05, 4.69) is 5.10 Å². The van der Waals surface area contributed by atoms with Crippen LogP contribution < -0.4 is 5.73 Å². The van der Waals surface area contributed by atoms with Crippen LogP contribution in [-0.2, 0) is 17.1 Å². The second-order valence-electron chi connectivity index (χ2n) is 6.98. The van der Waals surface area contributed by atoms with Crippen LogP contribution in [0, 0.1) is 22.9 Å². The Morgan fingerprint density at radius 2 is 1.80 bits per heavy atom. The predicted octanol–water partition coefficient (Wildman–Crippen LogP) is 2.99. The Morgan fingerprint density at radius 3 is 2.43 bits per heavy atom. The van der Waals surface area contributed by atoms with Gasteiger partial charge in [-0.2, -0.15) is 5.10 Å². The Labute approximate surface area is 171 Å². The Morgan fingerprint density at radius 1 is 1.17 bits per heavy atom. The number of hydrogen-bond donors (Lipinski definition) is 2. The minimum atomic E-state index is -4.33. The van der Waals surface area contributed by atoms with Gasteiger partial charge in [-0.05, 0) is 29.3 Å². The number of nitrogens with zero attached hydrogens (tertiary/aromatic N) is 3. The number of sulfonamides is 1. The van der Waals surface area contributed by atoms with Crippen LogP contribution in [0.1, 0.15) is 29.2 Å². The number of guanidine groups is 1. The summed E-state index contributed by atoms with van der Waals surface area (Å²) in [4.78, 5) is 0. The first-order chi connectivity index (χ1) is 13.9. The Bertz CT molecular complexity index is 1240. The van der Waals surface area contributed by atoms with E-state index in [4.69, 9.17) is 11.1 Å². The first kappa shape index (κ1) is 21.6. The number of benzene rings is 2. The van der Waals surface area contributed by atoms with Gasteiger partial charge in [-0.1, -0.05) is 13.0 Å². The summed E-state index contributed by atoms with van der Waals surface area (Å²) in [6.07, 6.45) is 1.54. The van der Waals surface area contributed by atoms with Crippen molar-refractivity contribution in [2.45, 2.75) is 18.1 Å². The first-order valence-electron chi connectivity index (χ1n) is 8.83. The van der Waals surface area contributed by atoms with Gasteiger partial charge in [0.25, 0.3) is 0 Å². The van der Waals surface area contributed by atoms with Crippen LogP contribution in [0.2, 0.25) is 0 Å². The average molecular weight is 439 g/mol. The second kappa shape index (κ2) is 7.63. The summed E-state index contributed by atoms with van der Waals surface area (Å²) in [6, 6.07) is 5.79. The van der Waals surface area contributed by atoms with Crippen LogP contribution in [0.15, 0.2) is 36.5 Å². The Hall–Kier alpha value is -3.08. The molecule has 0 radical (unpaired) electrons. The van der Waals surface area contributed by atoms with Gasteiger partial charge >= 0.3 is 0 Å². The maximum Gasteiger partial charge on any atom is 0.244 e. The van der Waals surface area contributed by atoms with Gasteiger partial charge in [-0.3, -0.25) is 10.1 Å². The molecule has 30 heavy (non-hydrogen) atoms. The van der Waals surface area contributed by atoms with Crippen molar-refractivity contribution in [2.75, 3.05) is 7.05 Å². The van der Waals surface area contributed by atoms with Crippen molar-refractivity contribution in [3.63, 3.8) is 0 Å². The second-order valence-corrected chi connectivity index (χ2v) is 9.07. The lowest BCUT2D eigenvalue weighted by molar-refractivity contribution is 0.479. The highest BCUT2D eigenvalue weighted by Gasteiger charge is 2.38. The molecule has 2 aromatic carbocycles. The minimum absolute atomic E-state index is 0.264. The monoisotopic (exact) mass is 439 g/mol. The first-order valence-corrected chi connectivity index (χ1v) is 10.3. The van der Waals surface area contributed by atoms with E-state index in [1.807, 2.05) is 0 Å². The zero-order valence-corrected chi connectivity index (χ0v) is 17.2. The van der Waals surface area contributed by atoms with E-state index in [9.17, 15) is 21.6 Å². The number of rotatable bonds is 5. The van der Waals surface area contributed by atoms with Crippen molar-refractivity contribution in [2.24, 2.45) is 12.8 Å². The van der Waals surface area contributed by atoms with Crippen molar-refractivity contribution < 1.29 is 21.6 Å². The van der Waals surface area contributed by atoms with E-state index in [1.54, 1.807) is 30.1 Å². The number of halogens is 3. The average Bonchev–Trinajstić information content (AvgIpc) is 3.04. The molecule has 0 aliphatic carbocycles. The molecule has 0 fully saturated rings. The van der Waals surface area contributed by atoms with Crippen molar-refractivity contribution in [1.29, 1.82) is 5.41 Å². The minimum Gasteiger partial charge on any atom is -0.369 e. The molecule has 0 aliphatic rings. The van der Waals surface area contributed by atoms with Crippen LogP contribution in [0.3, 0.4) is 0 Å². The fraction of sp³-hybridized carbons (Fsp3) is 0.263. The van der Waals surface area contributed by atoms with Crippen LogP contribution in [0.5, 0.6) is 0 Å². The number of hydrogen-bond acceptors (Lipinski definition) is 4. The molecule has 0 unspecified atom stereocenters. The molecule has 7 nitrogen and oxygen atoms in total. The fourth-order valence-corrected chi connectivity index (χ4v) is 5.20. The summed E-state index contributed by atoms with van der Waals surface area (Å²) < 4.78 is 70.4. The van der Waals surface area contributed by atoms with Gasteiger partial charge in [0.15, 0.2) is 11.6 Å². The van der Waals surface area contributed by atoms with Gasteiger partial charge < -0.3 is 5.73 Å². The Kier molecular flexibility index (Phi) is 5.50. The van der Waals surface area contributed by atoms with Gasteiger partial charge in [0.2, 0.25) is 16.0 Å². The lowest BCUT2D eigenvalue weighted by Gasteiger charge is -2.29. The molecule has 0 amide bonds. The van der Waals surface area contributed by atoms with Crippen LogP contribution in [0.25, 0.3) is 10.9 Å². The van der Waals surface area contributed by atoms with Crippen LogP contribution in [0.4, 0.5) is 13.2 Å². The molecule has 3 rings (SSSR count). The number of aryl methyl sites for hydroxylation is 1. The molecule has 160 valence electrons. The number of fused-ring (bicyclic) bond motifs is 1. The zero-order valence-electron chi connectivity index (χ0n) is 16.4. The van der Waals surface area contributed by atoms with Gasteiger partial charge in [0.05, 0.1) is 11.7 Å². The van der Waals surface area contributed by atoms with Crippen LogP contribution >= 0.6 is 0 Å². The lowest BCUT2D eigenvalue weighted by atomic mass is 9.92. The van der Waals surface area contributed by atoms with E-state index in [0.717, 1.165) is 12.6 Å². The summed E-state index contributed by atoms with van der Waals surface area (Å²) in [7, 11) is -1.51. The molecule has 0 bridgehead atoms.